The lowest BCUT2D eigenvalue weighted by atomic mass is 10.2. The van der Waals surface area contributed by atoms with Gasteiger partial charge in [0, 0.05) is 49.4 Å². The van der Waals surface area contributed by atoms with Crippen LogP contribution in [0.1, 0.15) is 18.3 Å². The summed E-state index contributed by atoms with van der Waals surface area (Å²) in [5.41, 5.74) is 6.44. The zero-order valence-electron chi connectivity index (χ0n) is 18.2. The molecule has 0 unspecified atom stereocenters. The van der Waals surface area contributed by atoms with Crippen LogP contribution >= 0.6 is 0 Å². The van der Waals surface area contributed by atoms with Gasteiger partial charge in [0.15, 0.2) is 5.65 Å². The molecule has 1 saturated heterocycles. The van der Waals surface area contributed by atoms with Crippen LogP contribution in [0.4, 0.5) is 21.5 Å². The Hall–Kier alpha value is -3.61. The SMILES string of the molecule is CCc1nc2cccnn2c1CNc1ccc(N2CCN(c3ccc(F)cc3)CC2)cc1. The topological polar surface area (TPSA) is 48.7 Å². The van der Waals surface area contributed by atoms with Gasteiger partial charge in [-0.3, -0.25) is 0 Å². The van der Waals surface area contributed by atoms with Gasteiger partial charge in [-0.2, -0.15) is 5.10 Å². The van der Waals surface area contributed by atoms with Crippen molar-refractivity contribution in [3.8, 4) is 0 Å². The minimum absolute atomic E-state index is 0.190. The molecule has 1 aliphatic rings. The highest BCUT2D eigenvalue weighted by Crippen LogP contribution is 2.23. The van der Waals surface area contributed by atoms with E-state index in [-0.39, 0.29) is 5.82 Å². The molecule has 0 aliphatic carbocycles. The number of halogens is 1. The Morgan fingerprint density at radius 3 is 2.12 bits per heavy atom. The predicted octanol–water partition coefficient (Wildman–Crippen LogP) is 4.37. The molecule has 6 nitrogen and oxygen atoms in total. The van der Waals surface area contributed by atoms with Crippen molar-refractivity contribution in [1.29, 1.82) is 0 Å². The van der Waals surface area contributed by atoms with Crippen LogP contribution in [0.3, 0.4) is 0 Å². The summed E-state index contributed by atoms with van der Waals surface area (Å²) in [6, 6.07) is 19.3. The minimum Gasteiger partial charge on any atom is -0.379 e. The Morgan fingerprint density at radius 2 is 1.50 bits per heavy atom. The van der Waals surface area contributed by atoms with Crippen LogP contribution in [0.5, 0.6) is 0 Å². The fourth-order valence-corrected chi connectivity index (χ4v) is 4.29. The first-order valence-corrected chi connectivity index (χ1v) is 11.1. The molecule has 0 amide bonds. The van der Waals surface area contributed by atoms with E-state index >= 15 is 0 Å². The number of anilines is 3. The van der Waals surface area contributed by atoms with Gasteiger partial charge in [-0.25, -0.2) is 13.9 Å². The number of benzene rings is 2. The monoisotopic (exact) mass is 430 g/mol. The van der Waals surface area contributed by atoms with Gasteiger partial charge in [0.1, 0.15) is 5.82 Å². The van der Waals surface area contributed by atoms with Crippen LogP contribution in [0.15, 0.2) is 66.9 Å². The molecule has 0 saturated carbocycles. The normalized spacial score (nSPS) is 14.2. The average Bonchev–Trinajstić information content (AvgIpc) is 3.21. The van der Waals surface area contributed by atoms with E-state index in [4.69, 9.17) is 0 Å². The second-order valence-electron chi connectivity index (χ2n) is 8.00. The number of nitrogens with one attached hydrogen (secondary N) is 1. The van der Waals surface area contributed by atoms with Crippen molar-refractivity contribution in [1.82, 2.24) is 14.6 Å². The van der Waals surface area contributed by atoms with E-state index in [0.717, 1.165) is 61.0 Å². The van der Waals surface area contributed by atoms with Gasteiger partial charge in [-0.05, 0) is 67.1 Å². The van der Waals surface area contributed by atoms with Gasteiger partial charge in [0.05, 0.1) is 17.9 Å². The van der Waals surface area contributed by atoms with E-state index < -0.39 is 0 Å². The van der Waals surface area contributed by atoms with Crippen LogP contribution in [-0.4, -0.2) is 40.8 Å². The quantitative estimate of drug-likeness (QED) is 0.492. The number of rotatable bonds is 6. The molecular formula is C25H27FN6. The molecule has 2 aromatic heterocycles. The van der Waals surface area contributed by atoms with Gasteiger partial charge in [-0.15, -0.1) is 0 Å². The molecule has 2 aromatic carbocycles. The molecule has 5 rings (SSSR count). The maximum atomic E-state index is 13.2. The molecular weight excluding hydrogens is 403 g/mol. The van der Waals surface area contributed by atoms with Crippen LogP contribution in [0, 0.1) is 5.82 Å². The number of aryl methyl sites for hydroxylation is 1. The molecule has 0 spiro atoms. The van der Waals surface area contributed by atoms with E-state index in [0.29, 0.717) is 6.54 Å². The Balaban J connectivity index is 1.20. The summed E-state index contributed by atoms with van der Waals surface area (Å²) < 4.78 is 15.1. The molecule has 0 radical (unpaired) electrons. The van der Waals surface area contributed by atoms with Crippen molar-refractivity contribution in [2.45, 2.75) is 19.9 Å². The summed E-state index contributed by atoms with van der Waals surface area (Å²) in [4.78, 5) is 9.39. The van der Waals surface area contributed by atoms with E-state index in [1.54, 1.807) is 6.20 Å². The highest BCUT2D eigenvalue weighted by Gasteiger charge is 2.18. The highest BCUT2D eigenvalue weighted by atomic mass is 19.1. The zero-order chi connectivity index (χ0) is 21.9. The Morgan fingerprint density at radius 1 is 0.875 bits per heavy atom. The first-order valence-electron chi connectivity index (χ1n) is 11.1. The van der Waals surface area contributed by atoms with Crippen LogP contribution in [-0.2, 0) is 13.0 Å². The summed E-state index contributed by atoms with van der Waals surface area (Å²) in [6.07, 6.45) is 2.67. The fraction of sp³-hybridized carbons (Fsp3) is 0.280. The predicted molar refractivity (Wildman–Crippen MR) is 127 cm³/mol. The Labute approximate surface area is 187 Å². The number of hydrogen-bond donors (Lipinski definition) is 1. The maximum Gasteiger partial charge on any atom is 0.154 e. The molecule has 0 bridgehead atoms. The van der Waals surface area contributed by atoms with Gasteiger partial charge in [0.25, 0.3) is 0 Å². The third kappa shape index (κ3) is 4.10. The van der Waals surface area contributed by atoms with E-state index in [1.165, 1.54) is 17.8 Å². The lowest BCUT2D eigenvalue weighted by Crippen LogP contribution is -2.46. The second kappa shape index (κ2) is 8.86. The maximum absolute atomic E-state index is 13.2. The molecule has 3 heterocycles. The first kappa shape index (κ1) is 20.3. The zero-order valence-corrected chi connectivity index (χ0v) is 18.2. The van der Waals surface area contributed by atoms with Gasteiger partial charge in [-0.1, -0.05) is 6.92 Å². The lowest BCUT2D eigenvalue weighted by molar-refractivity contribution is 0.625. The van der Waals surface area contributed by atoms with Crippen molar-refractivity contribution in [3.05, 3.63) is 84.1 Å². The minimum atomic E-state index is -0.190. The van der Waals surface area contributed by atoms with Crippen molar-refractivity contribution in [3.63, 3.8) is 0 Å². The summed E-state index contributed by atoms with van der Waals surface area (Å²) in [6.45, 7) is 6.53. The fourth-order valence-electron chi connectivity index (χ4n) is 4.29. The van der Waals surface area contributed by atoms with Crippen molar-refractivity contribution >= 4 is 22.7 Å². The molecule has 164 valence electrons. The summed E-state index contributed by atoms with van der Waals surface area (Å²) >= 11 is 0. The summed E-state index contributed by atoms with van der Waals surface area (Å²) in [5, 5.41) is 7.97. The highest BCUT2D eigenvalue weighted by molar-refractivity contribution is 5.57. The average molecular weight is 431 g/mol. The number of piperazine rings is 1. The van der Waals surface area contributed by atoms with Crippen molar-refractivity contribution in [2.75, 3.05) is 41.3 Å². The number of fused-ring (bicyclic) bond motifs is 1. The molecule has 1 aliphatic heterocycles. The summed E-state index contributed by atoms with van der Waals surface area (Å²) in [7, 11) is 0. The molecule has 7 heteroatoms. The lowest BCUT2D eigenvalue weighted by Gasteiger charge is -2.37. The number of nitrogens with zero attached hydrogens (tertiary/aromatic N) is 5. The Bertz CT molecular complexity index is 1180. The molecule has 1 fully saturated rings. The third-order valence-corrected chi connectivity index (χ3v) is 6.07. The first-order chi connectivity index (χ1) is 15.7. The molecule has 32 heavy (non-hydrogen) atoms. The second-order valence-corrected chi connectivity index (χ2v) is 8.00. The molecule has 1 N–H and O–H groups in total. The number of hydrogen-bond acceptors (Lipinski definition) is 5. The van der Waals surface area contributed by atoms with E-state index in [1.807, 2.05) is 28.8 Å². The summed E-state index contributed by atoms with van der Waals surface area (Å²) in [5.74, 6) is -0.190. The van der Waals surface area contributed by atoms with Crippen LogP contribution in [0.2, 0.25) is 0 Å². The largest absolute Gasteiger partial charge is 0.379 e. The van der Waals surface area contributed by atoms with E-state index in [9.17, 15) is 4.39 Å². The van der Waals surface area contributed by atoms with Crippen LogP contribution < -0.4 is 15.1 Å². The number of imidazole rings is 1. The Kier molecular flexibility index (Phi) is 5.62. The molecule has 4 aromatic rings. The standard InChI is InChI=1S/C25H27FN6/c1-2-23-24(32-25(29-23)4-3-13-28-32)18-27-20-7-11-22(12-8-20)31-16-14-30(15-17-31)21-9-5-19(26)6-10-21/h3-13,27H,2,14-18H2,1H3. The van der Waals surface area contributed by atoms with Crippen molar-refractivity contribution in [2.24, 2.45) is 0 Å². The smallest absolute Gasteiger partial charge is 0.154 e. The van der Waals surface area contributed by atoms with Gasteiger partial charge in [0.2, 0.25) is 0 Å². The number of aromatic nitrogens is 3. The molecule has 0 atom stereocenters. The van der Waals surface area contributed by atoms with E-state index in [2.05, 4.69) is 56.4 Å². The van der Waals surface area contributed by atoms with Crippen molar-refractivity contribution < 1.29 is 4.39 Å². The van der Waals surface area contributed by atoms with Crippen LogP contribution in [0.25, 0.3) is 5.65 Å². The van der Waals surface area contributed by atoms with Gasteiger partial charge >= 0.3 is 0 Å². The van der Waals surface area contributed by atoms with Gasteiger partial charge < -0.3 is 15.1 Å². The third-order valence-electron chi connectivity index (χ3n) is 6.07.